The molecule has 0 saturated heterocycles. The number of hydrogen-bond donors (Lipinski definition) is 0. The van der Waals surface area contributed by atoms with Crippen molar-refractivity contribution in [3.05, 3.63) is 60.7 Å². The quantitative estimate of drug-likeness (QED) is 0.610. The Morgan fingerprint density at radius 3 is 2.50 bits per heavy atom. The fourth-order valence-electron chi connectivity index (χ4n) is 1.56. The van der Waals surface area contributed by atoms with Gasteiger partial charge in [0.25, 0.3) is 0 Å². The minimum absolute atomic E-state index is 0.537. The van der Waals surface area contributed by atoms with Gasteiger partial charge in [-0.15, -0.1) is 6.58 Å². The predicted molar refractivity (Wildman–Crippen MR) is 63.3 cm³/mol. The molecule has 0 fully saturated rings. The van der Waals surface area contributed by atoms with Gasteiger partial charge in [0.15, 0.2) is 0 Å². The zero-order valence-corrected chi connectivity index (χ0v) is 8.87. The third-order valence-electron chi connectivity index (χ3n) is 2.47. The summed E-state index contributed by atoms with van der Waals surface area (Å²) in [7, 11) is 0. The summed E-state index contributed by atoms with van der Waals surface area (Å²) in [5, 5.41) is 0. The van der Waals surface area contributed by atoms with Crippen LogP contribution in [0.3, 0.4) is 0 Å². The summed E-state index contributed by atoms with van der Waals surface area (Å²) in [6, 6.07) is 10.5. The molecule has 0 aliphatic heterocycles. The van der Waals surface area contributed by atoms with E-state index in [2.05, 4.69) is 44.3 Å². The summed E-state index contributed by atoms with van der Waals surface area (Å²) in [5.41, 5.74) is 2.62. The molecule has 0 aliphatic carbocycles. The van der Waals surface area contributed by atoms with Crippen molar-refractivity contribution in [2.45, 2.75) is 19.8 Å². The first kappa shape index (κ1) is 10.8. The van der Waals surface area contributed by atoms with E-state index >= 15 is 0 Å². The van der Waals surface area contributed by atoms with Crippen molar-refractivity contribution in [1.82, 2.24) is 0 Å². The molecule has 0 aliphatic rings. The highest BCUT2D eigenvalue weighted by molar-refractivity contribution is 5.17. The fraction of sp³-hybridized carbons (Fsp3) is 0.286. The van der Waals surface area contributed by atoms with E-state index < -0.39 is 0 Å². The Hall–Kier alpha value is -1.30. The van der Waals surface area contributed by atoms with Crippen LogP contribution in [-0.2, 0) is 6.42 Å². The lowest BCUT2D eigenvalue weighted by molar-refractivity contribution is 0.622. The van der Waals surface area contributed by atoms with Crippen molar-refractivity contribution >= 4 is 0 Å². The van der Waals surface area contributed by atoms with Crippen LogP contribution >= 0.6 is 0 Å². The molecule has 0 heterocycles. The Bertz CT molecular complexity index is 295. The molecule has 0 bridgehead atoms. The van der Waals surface area contributed by atoms with Gasteiger partial charge in [0, 0.05) is 0 Å². The van der Waals surface area contributed by atoms with Crippen LogP contribution in [-0.4, -0.2) is 0 Å². The molecule has 1 atom stereocenters. The molecule has 1 unspecified atom stereocenters. The van der Waals surface area contributed by atoms with Crippen LogP contribution in [0.15, 0.2) is 55.1 Å². The van der Waals surface area contributed by atoms with Crippen molar-refractivity contribution in [2.24, 2.45) is 5.92 Å². The number of hydrogen-bond acceptors (Lipinski definition) is 0. The second-order valence-corrected chi connectivity index (χ2v) is 3.76. The summed E-state index contributed by atoms with van der Waals surface area (Å²) < 4.78 is 0. The van der Waals surface area contributed by atoms with Gasteiger partial charge in [-0.25, -0.2) is 0 Å². The van der Waals surface area contributed by atoms with Crippen molar-refractivity contribution < 1.29 is 0 Å². The number of rotatable bonds is 5. The molecule has 0 amide bonds. The van der Waals surface area contributed by atoms with E-state index in [1.165, 1.54) is 11.1 Å². The molecule has 0 radical (unpaired) electrons. The highest BCUT2D eigenvalue weighted by Crippen LogP contribution is 2.19. The maximum atomic E-state index is 4.02. The molecule has 0 N–H and O–H groups in total. The number of allylic oxidation sites excluding steroid dienone is 2. The first-order valence-corrected chi connectivity index (χ1v) is 5.04. The van der Waals surface area contributed by atoms with Crippen LogP contribution in [0, 0.1) is 5.92 Å². The summed E-state index contributed by atoms with van der Waals surface area (Å²) in [5.74, 6) is 0.537. The largest absolute Gasteiger partial charge is 0.103 e. The molecular formula is C14H18. The summed E-state index contributed by atoms with van der Waals surface area (Å²) >= 11 is 0. The normalized spacial score (nSPS) is 12.1. The van der Waals surface area contributed by atoms with E-state index in [-0.39, 0.29) is 0 Å². The monoisotopic (exact) mass is 186 g/mol. The second kappa shape index (κ2) is 5.43. The highest BCUT2D eigenvalue weighted by atomic mass is 14.1. The molecular weight excluding hydrogens is 168 g/mol. The van der Waals surface area contributed by atoms with Gasteiger partial charge in [-0.3, -0.25) is 0 Å². The minimum Gasteiger partial charge on any atom is -0.103 e. The lowest BCUT2D eigenvalue weighted by Gasteiger charge is -2.14. The molecule has 74 valence electrons. The topological polar surface area (TPSA) is 0 Å². The smallest absolute Gasteiger partial charge is 0.0134 e. The van der Waals surface area contributed by atoms with Crippen LogP contribution < -0.4 is 0 Å². The van der Waals surface area contributed by atoms with Gasteiger partial charge < -0.3 is 0 Å². The summed E-state index contributed by atoms with van der Waals surface area (Å²) in [6.07, 6.45) is 4.06. The van der Waals surface area contributed by atoms with Crippen LogP contribution in [0.2, 0.25) is 0 Å². The lowest BCUT2D eigenvalue weighted by Crippen LogP contribution is -2.04. The van der Waals surface area contributed by atoms with Crippen molar-refractivity contribution in [1.29, 1.82) is 0 Å². The molecule has 14 heavy (non-hydrogen) atoms. The SMILES string of the molecule is C=CCC(Cc1ccccc1)C(=C)C. The Kier molecular flexibility index (Phi) is 4.18. The molecule has 0 saturated carbocycles. The zero-order valence-electron chi connectivity index (χ0n) is 8.87. The third-order valence-corrected chi connectivity index (χ3v) is 2.47. The lowest BCUT2D eigenvalue weighted by atomic mass is 9.91. The Balaban J connectivity index is 2.64. The van der Waals surface area contributed by atoms with Crippen LogP contribution in [0.4, 0.5) is 0 Å². The van der Waals surface area contributed by atoms with Crippen LogP contribution in [0.1, 0.15) is 18.9 Å². The summed E-state index contributed by atoms with van der Waals surface area (Å²) in [4.78, 5) is 0. The molecule has 0 nitrogen and oxygen atoms in total. The average Bonchev–Trinajstić information content (AvgIpc) is 2.18. The molecule has 1 rings (SSSR count). The standard InChI is InChI=1S/C14H18/c1-4-8-14(12(2)3)11-13-9-6-5-7-10-13/h4-7,9-10,14H,1-2,8,11H2,3H3. The van der Waals surface area contributed by atoms with Gasteiger partial charge in [-0.05, 0) is 31.2 Å². The number of benzene rings is 1. The van der Waals surface area contributed by atoms with Gasteiger partial charge in [0.2, 0.25) is 0 Å². The average molecular weight is 186 g/mol. The van der Waals surface area contributed by atoms with Gasteiger partial charge in [-0.1, -0.05) is 48.6 Å². The van der Waals surface area contributed by atoms with Crippen molar-refractivity contribution in [2.75, 3.05) is 0 Å². The van der Waals surface area contributed by atoms with E-state index in [1.54, 1.807) is 0 Å². The Morgan fingerprint density at radius 1 is 1.36 bits per heavy atom. The summed E-state index contributed by atoms with van der Waals surface area (Å²) in [6.45, 7) is 9.90. The van der Waals surface area contributed by atoms with Gasteiger partial charge in [0.1, 0.15) is 0 Å². The molecule has 0 heteroatoms. The maximum Gasteiger partial charge on any atom is -0.0134 e. The highest BCUT2D eigenvalue weighted by Gasteiger charge is 2.07. The second-order valence-electron chi connectivity index (χ2n) is 3.76. The Labute approximate surface area is 87.0 Å². The van der Waals surface area contributed by atoms with Gasteiger partial charge >= 0.3 is 0 Å². The fourth-order valence-corrected chi connectivity index (χ4v) is 1.56. The third kappa shape index (κ3) is 3.21. The first-order valence-electron chi connectivity index (χ1n) is 5.04. The molecule has 1 aromatic rings. The van der Waals surface area contributed by atoms with E-state index in [9.17, 15) is 0 Å². The zero-order chi connectivity index (χ0) is 10.4. The van der Waals surface area contributed by atoms with E-state index in [0.29, 0.717) is 5.92 Å². The van der Waals surface area contributed by atoms with Gasteiger partial charge in [0.05, 0.1) is 0 Å². The maximum absolute atomic E-state index is 4.02. The van der Waals surface area contributed by atoms with Crippen molar-refractivity contribution in [3.63, 3.8) is 0 Å². The van der Waals surface area contributed by atoms with E-state index in [0.717, 1.165) is 12.8 Å². The Morgan fingerprint density at radius 2 is 2.00 bits per heavy atom. The van der Waals surface area contributed by atoms with Crippen LogP contribution in [0.5, 0.6) is 0 Å². The van der Waals surface area contributed by atoms with E-state index in [4.69, 9.17) is 0 Å². The predicted octanol–water partition coefficient (Wildman–Crippen LogP) is 4.00. The van der Waals surface area contributed by atoms with E-state index in [1.807, 2.05) is 12.1 Å². The van der Waals surface area contributed by atoms with Crippen LogP contribution in [0.25, 0.3) is 0 Å². The minimum atomic E-state index is 0.537. The molecule has 1 aromatic carbocycles. The molecule has 0 spiro atoms. The molecule has 0 aromatic heterocycles. The first-order chi connectivity index (χ1) is 6.74. The van der Waals surface area contributed by atoms with Crippen molar-refractivity contribution in [3.8, 4) is 0 Å². The van der Waals surface area contributed by atoms with Gasteiger partial charge in [-0.2, -0.15) is 0 Å².